The minimum atomic E-state index is -0.139. The van der Waals surface area contributed by atoms with Gasteiger partial charge >= 0.3 is 0 Å². The van der Waals surface area contributed by atoms with E-state index in [4.69, 9.17) is 4.74 Å². The Bertz CT molecular complexity index is 389. The molecule has 0 aliphatic heterocycles. The lowest BCUT2D eigenvalue weighted by atomic mass is 9.89. The van der Waals surface area contributed by atoms with Crippen molar-refractivity contribution in [2.45, 2.75) is 65.6 Å². The molecule has 19 heavy (non-hydrogen) atoms. The second-order valence-corrected chi connectivity index (χ2v) is 5.24. The van der Waals surface area contributed by atoms with Crippen LogP contribution in [0.1, 0.15) is 45.5 Å². The molecule has 4 nitrogen and oxygen atoms in total. The van der Waals surface area contributed by atoms with Gasteiger partial charge in [0.15, 0.2) is 0 Å². The van der Waals surface area contributed by atoms with Crippen LogP contribution in [0.5, 0.6) is 0 Å². The molecule has 0 aliphatic carbocycles. The molecule has 0 saturated carbocycles. The van der Waals surface area contributed by atoms with Gasteiger partial charge in [0.2, 0.25) is 0 Å². The number of hydrogen-bond acceptors (Lipinski definition) is 3. The Kier molecular flexibility index (Phi) is 6.01. The van der Waals surface area contributed by atoms with Crippen molar-refractivity contribution in [2.75, 3.05) is 13.7 Å². The van der Waals surface area contributed by atoms with Crippen molar-refractivity contribution < 1.29 is 4.74 Å². The number of hydrogen-bond donors (Lipinski definition) is 1. The standard InChI is InChI=1S/C15H29N3O/c1-7-15(5,19-9-3)14(16-6)11-13-10-12(4)17-18(13)8-2/h10,14,16H,7-9,11H2,1-6H3. The zero-order valence-corrected chi connectivity index (χ0v) is 13.3. The molecule has 2 atom stereocenters. The van der Waals surface area contributed by atoms with Crippen LogP contribution in [-0.2, 0) is 17.7 Å². The van der Waals surface area contributed by atoms with E-state index in [0.29, 0.717) is 6.04 Å². The van der Waals surface area contributed by atoms with E-state index in [-0.39, 0.29) is 5.60 Å². The minimum Gasteiger partial charge on any atom is -0.374 e. The quantitative estimate of drug-likeness (QED) is 0.787. The average Bonchev–Trinajstić information content (AvgIpc) is 2.76. The smallest absolute Gasteiger partial charge is 0.0807 e. The summed E-state index contributed by atoms with van der Waals surface area (Å²) in [4.78, 5) is 0. The lowest BCUT2D eigenvalue weighted by molar-refractivity contribution is -0.0537. The Morgan fingerprint density at radius 2 is 2.11 bits per heavy atom. The van der Waals surface area contributed by atoms with E-state index in [0.717, 1.165) is 31.7 Å². The van der Waals surface area contributed by atoms with Crippen LogP contribution in [0.3, 0.4) is 0 Å². The SMILES string of the molecule is CCOC(C)(CC)C(Cc1cc(C)nn1CC)NC. The maximum atomic E-state index is 5.99. The summed E-state index contributed by atoms with van der Waals surface area (Å²) in [5.74, 6) is 0. The van der Waals surface area contributed by atoms with Crippen LogP contribution >= 0.6 is 0 Å². The minimum absolute atomic E-state index is 0.139. The number of ether oxygens (including phenoxy) is 1. The number of aromatic nitrogens is 2. The van der Waals surface area contributed by atoms with Gasteiger partial charge in [0.25, 0.3) is 0 Å². The van der Waals surface area contributed by atoms with Crippen LogP contribution in [0, 0.1) is 6.92 Å². The number of aryl methyl sites for hydroxylation is 2. The van der Waals surface area contributed by atoms with E-state index in [2.05, 4.69) is 48.9 Å². The fourth-order valence-electron chi connectivity index (χ4n) is 2.65. The van der Waals surface area contributed by atoms with E-state index in [1.165, 1.54) is 5.69 Å². The summed E-state index contributed by atoms with van der Waals surface area (Å²) < 4.78 is 8.08. The third-order valence-electron chi connectivity index (χ3n) is 3.96. The normalized spacial score (nSPS) is 16.3. The highest BCUT2D eigenvalue weighted by Crippen LogP contribution is 2.23. The second kappa shape index (κ2) is 7.06. The van der Waals surface area contributed by atoms with Crippen LogP contribution in [0.4, 0.5) is 0 Å². The molecule has 0 saturated heterocycles. The molecule has 0 radical (unpaired) electrons. The molecule has 4 heteroatoms. The molecule has 1 rings (SSSR count). The highest BCUT2D eigenvalue weighted by Gasteiger charge is 2.33. The van der Waals surface area contributed by atoms with Gasteiger partial charge in [-0.15, -0.1) is 0 Å². The summed E-state index contributed by atoms with van der Waals surface area (Å²) in [7, 11) is 2.01. The molecule has 0 spiro atoms. The zero-order chi connectivity index (χ0) is 14.5. The summed E-state index contributed by atoms with van der Waals surface area (Å²) >= 11 is 0. The lowest BCUT2D eigenvalue weighted by Gasteiger charge is -2.36. The van der Waals surface area contributed by atoms with E-state index < -0.39 is 0 Å². The van der Waals surface area contributed by atoms with E-state index in [9.17, 15) is 0 Å². The Hall–Kier alpha value is -0.870. The van der Waals surface area contributed by atoms with E-state index >= 15 is 0 Å². The van der Waals surface area contributed by atoms with Crippen LogP contribution < -0.4 is 5.32 Å². The summed E-state index contributed by atoms with van der Waals surface area (Å²) in [5, 5.41) is 7.94. The van der Waals surface area contributed by atoms with Crippen molar-refractivity contribution in [2.24, 2.45) is 0 Å². The predicted molar refractivity (Wildman–Crippen MR) is 79.5 cm³/mol. The first-order valence-corrected chi connectivity index (χ1v) is 7.35. The van der Waals surface area contributed by atoms with Crippen LogP contribution in [0.25, 0.3) is 0 Å². The molecule has 1 N–H and O–H groups in total. The zero-order valence-electron chi connectivity index (χ0n) is 13.3. The first kappa shape index (κ1) is 16.2. The fourth-order valence-corrected chi connectivity index (χ4v) is 2.65. The Morgan fingerprint density at radius 1 is 1.42 bits per heavy atom. The molecule has 0 bridgehead atoms. The van der Waals surface area contributed by atoms with Crippen molar-refractivity contribution in [3.63, 3.8) is 0 Å². The third-order valence-corrected chi connectivity index (χ3v) is 3.96. The van der Waals surface area contributed by atoms with Gasteiger partial charge in [-0.05, 0) is 47.2 Å². The largest absolute Gasteiger partial charge is 0.374 e. The summed E-state index contributed by atoms with van der Waals surface area (Å²) in [6, 6.07) is 2.47. The fraction of sp³-hybridized carbons (Fsp3) is 0.800. The van der Waals surface area contributed by atoms with Gasteiger partial charge in [0, 0.05) is 31.3 Å². The molecule has 0 amide bonds. The molecule has 110 valence electrons. The molecular formula is C15H29N3O. The number of rotatable bonds is 8. The van der Waals surface area contributed by atoms with Crippen molar-refractivity contribution in [3.05, 3.63) is 17.5 Å². The lowest BCUT2D eigenvalue weighted by Crippen LogP contribution is -2.50. The maximum absolute atomic E-state index is 5.99. The first-order chi connectivity index (χ1) is 9.00. The highest BCUT2D eigenvalue weighted by atomic mass is 16.5. The summed E-state index contributed by atoms with van der Waals surface area (Å²) in [6.07, 6.45) is 1.93. The molecule has 0 aromatic carbocycles. The molecular weight excluding hydrogens is 238 g/mol. The Balaban J connectivity index is 2.91. The van der Waals surface area contributed by atoms with E-state index in [1.54, 1.807) is 0 Å². The Labute approximate surface area is 117 Å². The first-order valence-electron chi connectivity index (χ1n) is 7.35. The van der Waals surface area contributed by atoms with Gasteiger partial charge in [-0.2, -0.15) is 5.10 Å². The summed E-state index contributed by atoms with van der Waals surface area (Å²) in [6.45, 7) is 12.3. The van der Waals surface area contributed by atoms with Gasteiger partial charge in [-0.1, -0.05) is 6.92 Å². The number of likely N-dealkylation sites (N-methyl/N-ethyl adjacent to an activating group) is 1. The molecule has 0 aliphatic rings. The second-order valence-electron chi connectivity index (χ2n) is 5.24. The third kappa shape index (κ3) is 3.80. The maximum Gasteiger partial charge on any atom is 0.0807 e. The van der Waals surface area contributed by atoms with Crippen molar-refractivity contribution in [3.8, 4) is 0 Å². The van der Waals surface area contributed by atoms with Crippen LogP contribution in [0.2, 0.25) is 0 Å². The molecule has 1 aromatic heterocycles. The Morgan fingerprint density at radius 3 is 2.58 bits per heavy atom. The van der Waals surface area contributed by atoms with Crippen molar-refractivity contribution in [1.29, 1.82) is 0 Å². The highest BCUT2D eigenvalue weighted by molar-refractivity contribution is 5.12. The van der Waals surface area contributed by atoms with Crippen LogP contribution in [-0.4, -0.2) is 35.1 Å². The number of nitrogens with zero attached hydrogens (tertiary/aromatic N) is 2. The van der Waals surface area contributed by atoms with Gasteiger partial charge in [0.05, 0.1) is 11.3 Å². The topological polar surface area (TPSA) is 39.1 Å². The average molecular weight is 267 g/mol. The number of nitrogens with one attached hydrogen (secondary N) is 1. The van der Waals surface area contributed by atoms with Gasteiger partial charge in [-0.25, -0.2) is 0 Å². The molecule has 0 fully saturated rings. The van der Waals surface area contributed by atoms with Crippen LogP contribution in [0.15, 0.2) is 6.07 Å². The van der Waals surface area contributed by atoms with Gasteiger partial charge in [0.1, 0.15) is 0 Å². The monoisotopic (exact) mass is 267 g/mol. The van der Waals surface area contributed by atoms with E-state index in [1.807, 2.05) is 14.0 Å². The van der Waals surface area contributed by atoms with Gasteiger partial charge in [-0.3, -0.25) is 4.68 Å². The molecule has 2 unspecified atom stereocenters. The summed E-state index contributed by atoms with van der Waals surface area (Å²) in [5.41, 5.74) is 2.22. The van der Waals surface area contributed by atoms with Crippen molar-refractivity contribution >= 4 is 0 Å². The molecule has 1 heterocycles. The van der Waals surface area contributed by atoms with Crippen molar-refractivity contribution in [1.82, 2.24) is 15.1 Å². The molecule has 1 aromatic rings. The predicted octanol–water partition coefficient (Wildman–Crippen LogP) is 2.55. The van der Waals surface area contributed by atoms with Gasteiger partial charge < -0.3 is 10.1 Å².